The van der Waals surface area contributed by atoms with Gasteiger partial charge in [0.1, 0.15) is 11.8 Å². The van der Waals surface area contributed by atoms with E-state index < -0.39 is 29.0 Å². The van der Waals surface area contributed by atoms with Crippen molar-refractivity contribution in [3.8, 4) is 0 Å². The van der Waals surface area contributed by atoms with Crippen LogP contribution in [0, 0.1) is 5.92 Å². The van der Waals surface area contributed by atoms with E-state index in [1.165, 1.54) is 21.6 Å². The molecular weight excluding hydrogens is 685 g/mol. The van der Waals surface area contributed by atoms with Gasteiger partial charge in [-0.05, 0) is 85.6 Å². The number of nitrogens with zero attached hydrogens (tertiary/aromatic N) is 3. The van der Waals surface area contributed by atoms with Crippen molar-refractivity contribution in [3.63, 3.8) is 0 Å². The Morgan fingerprint density at radius 3 is 2.24 bits per heavy atom. The van der Waals surface area contributed by atoms with Crippen LogP contribution in [0.3, 0.4) is 0 Å². The van der Waals surface area contributed by atoms with Gasteiger partial charge >= 0.3 is 10.8 Å². The summed E-state index contributed by atoms with van der Waals surface area (Å²) >= 11 is 2.17. The van der Waals surface area contributed by atoms with Crippen molar-refractivity contribution in [2.24, 2.45) is 5.92 Å². The Bertz CT molecular complexity index is 2210. The van der Waals surface area contributed by atoms with E-state index in [4.69, 9.17) is 4.74 Å². The highest BCUT2D eigenvalue weighted by atomic mass is 32.2. The first kappa shape index (κ1) is 34.3. The normalized spacial score (nSPS) is 18.0. The van der Waals surface area contributed by atoms with Crippen molar-refractivity contribution in [2.75, 3.05) is 34.8 Å². The molecule has 10 nitrogen and oxygen atoms in total. The molecule has 1 saturated heterocycles. The molecule has 1 N–H and O–H groups in total. The molecule has 0 unspecified atom stereocenters. The molecule has 260 valence electrons. The van der Waals surface area contributed by atoms with E-state index in [1.807, 2.05) is 66.7 Å². The van der Waals surface area contributed by atoms with Crippen LogP contribution in [0.5, 0.6) is 0 Å². The molecule has 0 bridgehead atoms. The third kappa shape index (κ3) is 6.34. The number of imide groups is 1. The van der Waals surface area contributed by atoms with Crippen LogP contribution in [0.25, 0.3) is 10.8 Å². The number of esters is 1. The molecular formula is C39H36N4O6S2. The molecule has 2 aliphatic rings. The average molecular weight is 721 g/mol. The molecule has 0 saturated carbocycles. The summed E-state index contributed by atoms with van der Waals surface area (Å²) in [6.07, 6.45) is 0. The largest absolute Gasteiger partial charge is 0.462 e. The molecule has 7 rings (SSSR count). The summed E-state index contributed by atoms with van der Waals surface area (Å²) in [5.41, 5.74) is 3.09. The van der Waals surface area contributed by atoms with Crippen molar-refractivity contribution in [1.82, 2.24) is 4.57 Å². The number of rotatable bonds is 10. The second-order valence-electron chi connectivity index (χ2n) is 12.3. The zero-order valence-electron chi connectivity index (χ0n) is 28.3. The maximum atomic E-state index is 14.3. The third-order valence-electron chi connectivity index (χ3n) is 9.40. The predicted octanol–water partition coefficient (Wildman–Crippen LogP) is 6.52. The lowest BCUT2D eigenvalue weighted by Crippen LogP contribution is -2.33. The highest BCUT2D eigenvalue weighted by Gasteiger charge is 2.56. The van der Waals surface area contributed by atoms with Gasteiger partial charge in [-0.3, -0.25) is 23.7 Å². The Balaban J connectivity index is 1.24. The van der Waals surface area contributed by atoms with Gasteiger partial charge < -0.3 is 15.0 Å². The minimum absolute atomic E-state index is 0.224. The number of hydrogen-bond acceptors (Lipinski definition) is 9. The molecule has 0 aliphatic carbocycles. The molecule has 4 aromatic carbocycles. The van der Waals surface area contributed by atoms with Crippen LogP contribution in [0.15, 0.2) is 101 Å². The number of benzene rings is 4. The number of fused-ring (bicyclic) bond motifs is 3. The first-order chi connectivity index (χ1) is 24.7. The summed E-state index contributed by atoms with van der Waals surface area (Å²) in [7, 11) is 0. The van der Waals surface area contributed by atoms with Crippen LogP contribution in [-0.2, 0) is 25.7 Å². The number of amides is 3. The molecule has 0 radical (unpaired) electrons. The van der Waals surface area contributed by atoms with Crippen LogP contribution in [0.2, 0.25) is 0 Å². The van der Waals surface area contributed by atoms with Crippen LogP contribution in [0.1, 0.15) is 47.5 Å². The van der Waals surface area contributed by atoms with E-state index in [1.54, 1.807) is 19.1 Å². The summed E-state index contributed by atoms with van der Waals surface area (Å²) in [5, 5.41) is 4.60. The molecule has 5 aromatic rings. The average Bonchev–Trinajstić information content (AvgIpc) is 3.58. The Morgan fingerprint density at radius 1 is 0.843 bits per heavy atom. The number of thioether (sulfide) groups is 1. The van der Waals surface area contributed by atoms with Gasteiger partial charge in [-0.25, -0.2) is 9.69 Å². The lowest BCUT2D eigenvalue weighted by Gasteiger charge is -2.31. The third-order valence-corrected chi connectivity index (χ3v) is 12.0. The maximum absolute atomic E-state index is 14.3. The van der Waals surface area contributed by atoms with Crippen molar-refractivity contribution in [2.45, 2.75) is 43.5 Å². The molecule has 1 fully saturated rings. The predicted molar refractivity (Wildman–Crippen MR) is 201 cm³/mol. The lowest BCUT2D eigenvalue weighted by molar-refractivity contribution is -0.122. The highest BCUT2D eigenvalue weighted by Crippen LogP contribution is 2.54. The lowest BCUT2D eigenvalue weighted by atomic mass is 9.83. The monoisotopic (exact) mass is 720 g/mol. The highest BCUT2D eigenvalue weighted by molar-refractivity contribution is 8.00. The second-order valence-corrected chi connectivity index (χ2v) is 14.4. The zero-order chi connectivity index (χ0) is 35.8. The smallest absolute Gasteiger partial charge is 0.338 e. The molecule has 51 heavy (non-hydrogen) atoms. The summed E-state index contributed by atoms with van der Waals surface area (Å²) in [6, 6.07) is 27.6. The van der Waals surface area contributed by atoms with E-state index in [0.717, 1.165) is 58.2 Å². The minimum Gasteiger partial charge on any atom is -0.462 e. The van der Waals surface area contributed by atoms with Gasteiger partial charge in [0.25, 0.3) is 0 Å². The zero-order valence-corrected chi connectivity index (χ0v) is 30.0. The van der Waals surface area contributed by atoms with Crippen molar-refractivity contribution < 1.29 is 23.9 Å². The van der Waals surface area contributed by atoms with E-state index in [-0.39, 0.29) is 29.8 Å². The first-order valence-corrected chi connectivity index (χ1v) is 18.6. The van der Waals surface area contributed by atoms with Gasteiger partial charge in [-0.1, -0.05) is 65.6 Å². The van der Waals surface area contributed by atoms with Crippen LogP contribution >= 0.6 is 23.1 Å². The number of anilines is 3. The molecule has 12 heteroatoms. The molecule has 1 aromatic heterocycles. The van der Waals surface area contributed by atoms with Gasteiger partial charge in [0, 0.05) is 35.3 Å². The van der Waals surface area contributed by atoms with Crippen molar-refractivity contribution in [1.29, 1.82) is 0 Å². The number of ether oxygens (including phenoxy) is 1. The Hall–Kier alpha value is -5.20. The number of aromatic nitrogens is 1. The SMILES string of the molecule is CCOC(=O)c1ccc(N2C(=O)[C@H]3[C@H](c4ccc(N(CC)CC)cc4)c4sc(=O)n(CC(=O)Nc5ccc6ccccc6c5)c4S[C@H]3C2=O)cc1. The summed E-state index contributed by atoms with van der Waals surface area (Å²) in [5.74, 6) is -3.07. The van der Waals surface area contributed by atoms with Crippen molar-refractivity contribution >= 4 is 74.6 Å². The standard InChI is InChI=1S/C39H36N4O6S2/c1-4-41(5-2)28-17-12-24(13-18-28)31-32-33(36(46)43(35(32)45)29-19-14-25(15-20-29)38(47)49-6-3)50-37-34(31)51-39(48)42(37)22-30(44)40-27-16-11-23-9-7-8-10-26(23)21-27/h7-21,31-33H,4-6,22H2,1-3H3,(H,40,44)/t31-,32-,33+/m0/s1. The Kier molecular flexibility index (Phi) is 9.54. The summed E-state index contributed by atoms with van der Waals surface area (Å²) < 4.78 is 6.51. The van der Waals surface area contributed by atoms with E-state index >= 15 is 0 Å². The van der Waals surface area contributed by atoms with Gasteiger partial charge in [0.05, 0.1) is 28.8 Å². The quantitative estimate of drug-likeness (QED) is 0.128. The van der Waals surface area contributed by atoms with Gasteiger partial charge in [-0.2, -0.15) is 0 Å². The molecule has 3 atom stereocenters. The topological polar surface area (TPSA) is 118 Å². The fourth-order valence-electron chi connectivity index (χ4n) is 6.92. The van der Waals surface area contributed by atoms with E-state index in [2.05, 4.69) is 24.1 Å². The van der Waals surface area contributed by atoms with Crippen LogP contribution in [0.4, 0.5) is 17.1 Å². The summed E-state index contributed by atoms with van der Waals surface area (Å²) in [4.78, 5) is 71.6. The van der Waals surface area contributed by atoms with Crippen molar-refractivity contribution in [3.05, 3.63) is 117 Å². The number of thiazole rings is 1. The number of carbonyl (C=O) groups is 4. The molecule has 3 amide bonds. The Morgan fingerprint density at radius 2 is 1.55 bits per heavy atom. The second kappa shape index (κ2) is 14.2. The van der Waals surface area contributed by atoms with Gasteiger partial charge in [-0.15, -0.1) is 0 Å². The number of carbonyl (C=O) groups excluding carboxylic acids is 4. The molecule has 3 heterocycles. The van der Waals surface area contributed by atoms with Crippen LogP contribution < -0.4 is 20.0 Å². The number of hydrogen-bond donors (Lipinski definition) is 1. The Labute approximate surface area is 303 Å². The molecule has 2 aliphatic heterocycles. The van der Waals surface area contributed by atoms with E-state index in [0.29, 0.717) is 26.8 Å². The van der Waals surface area contributed by atoms with Crippen LogP contribution in [-0.4, -0.2) is 53.2 Å². The van der Waals surface area contributed by atoms with Gasteiger partial charge in [0.2, 0.25) is 17.7 Å². The summed E-state index contributed by atoms with van der Waals surface area (Å²) in [6.45, 7) is 7.51. The first-order valence-electron chi connectivity index (χ1n) is 16.9. The molecule has 0 spiro atoms. The fraction of sp³-hybridized carbons (Fsp3) is 0.256. The fourth-order valence-corrected chi connectivity index (χ4v) is 9.70. The number of nitrogens with one attached hydrogen (secondary N) is 1. The van der Waals surface area contributed by atoms with Gasteiger partial charge in [0.15, 0.2) is 0 Å². The van der Waals surface area contributed by atoms with E-state index in [9.17, 15) is 24.0 Å². The minimum atomic E-state index is -0.842. The maximum Gasteiger partial charge on any atom is 0.338 e.